The third-order valence-corrected chi connectivity index (χ3v) is 3.87. The average Bonchev–Trinajstić information content (AvgIpc) is 2.51. The van der Waals surface area contributed by atoms with E-state index in [-0.39, 0.29) is 5.91 Å². The first kappa shape index (κ1) is 16.5. The molecule has 6 heteroatoms. The Hall–Kier alpha value is -1.92. The highest BCUT2D eigenvalue weighted by Gasteiger charge is 2.12. The number of nitrogens with one attached hydrogen (secondary N) is 1. The predicted octanol–water partition coefficient (Wildman–Crippen LogP) is 4.22. The number of hydrogen-bond acceptors (Lipinski definition) is 3. The Balaban J connectivity index is 1.98. The number of nitrogen functional groups attached to an aromatic ring is 1. The third kappa shape index (κ3) is 4.54. The summed E-state index contributed by atoms with van der Waals surface area (Å²) in [6.07, 6.45) is 5.14. The lowest BCUT2D eigenvalue weighted by Gasteiger charge is -2.06. The summed E-state index contributed by atoms with van der Waals surface area (Å²) in [5.74, 6) is -0.371. The summed E-state index contributed by atoms with van der Waals surface area (Å²) in [5, 5.41) is 3.87. The second-order valence-corrected chi connectivity index (χ2v) is 6.11. The van der Waals surface area contributed by atoms with Crippen molar-refractivity contribution < 1.29 is 4.79 Å². The van der Waals surface area contributed by atoms with Crippen molar-refractivity contribution in [2.75, 3.05) is 5.73 Å². The number of hydrazone groups is 1. The highest BCUT2D eigenvalue weighted by Crippen LogP contribution is 2.28. The van der Waals surface area contributed by atoms with Crippen molar-refractivity contribution in [3.05, 3.63) is 68.6 Å². The molecule has 0 saturated heterocycles. The fourth-order valence-electron chi connectivity index (χ4n) is 1.69. The smallest absolute Gasteiger partial charge is 0.273 e. The zero-order chi connectivity index (χ0) is 15.9. The minimum atomic E-state index is -0.371. The first-order valence-electron chi connectivity index (χ1n) is 6.37. The molecule has 0 atom stereocenters. The van der Waals surface area contributed by atoms with Gasteiger partial charge >= 0.3 is 0 Å². The van der Waals surface area contributed by atoms with E-state index in [9.17, 15) is 4.79 Å². The van der Waals surface area contributed by atoms with Crippen LogP contribution < -0.4 is 11.2 Å². The van der Waals surface area contributed by atoms with Gasteiger partial charge in [0.25, 0.3) is 5.91 Å². The lowest BCUT2D eigenvalue weighted by atomic mass is 10.2. The van der Waals surface area contributed by atoms with E-state index in [4.69, 9.17) is 5.73 Å². The molecule has 4 nitrogen and oxygen atoms in total. The number of allylic oxidation sites excluding steroid dienone is 1. The second kappa shape index (κ2) is 7.91. The molecule has 2 rings (SSSR count). The molecule has 3 N–H and O–H groups in total. The Kier molecular flexibility index (Phi) is 5.91. The fraction of sp³-hybridized carbons (Fsp3) is 0. The largest absolute Gasteiger partial charge is 0.397 e. The topological polar surface area (TPSA) is 67.5 Å². The molecule has 0 unspecified atom stereocenters. The molecule has 1 amide bonds. The number of hydrogen-bond donors (Lipinski definition) is 2. The van der Waals surface area contributed by atoms with Gasteiger partial charge in [-0.2, -0.15) is 5.10 Å². The zero-order valence-electron chi connectivity index (χ0n) is 11.5. The molecule has 0 aliphatic heterocycles. The number of halogens is 2. The van der Waals surface area contributed by atoms with E-state index in [1.54, 1.807) is 18.2 Å². The van der Waals surface area contributed by atoms with Gasteiger partial charge in [-0.3, -0.25) is 4.79 Å². The van der Waals surface area contributed by atoms with Gasteiger partial charge in [-0.25, -0.2) is 5.43 Å². The normalized spacial score (nSPS) is 11.2. The molecule has 0 aliphatic carbocycles. The summed E-state index contributed by atoms with van der Waals surface area (Å²) in [7, 11) is 0. The van der Waals surface area contributed by atoms with Crippen LogP contribution in [-0.4, -0.2) is 12.1 Å². The predicted molar refractivity (Wildman–Crippen MR) is 97.7 cm³/mol. The summed E-state index contributed by atoms with van der Waals surface area (Å²) in [6, 6.07) is 13.2. The van der Waals surface area contributed by atoms with E-state index in [2.05, 4.69) is 42.4 Å². The molecule has 0 aliphatic rings. The number of nitrogens with two attached hydrogens (primary N) is 1. The van der Waals surface area contributed by atoms with Crippen LogP contribution in [0.5, 0.6) is 0 Å². The molecule has 0 aromatic heterocycles. The number of anilines is 1. The van der Waals surface area contributed by atoms with Gasteiger partial charge < -0.3 is 5.73 Å². The van der Waals surface area contributed by atoms with E-state index in [0.717, 1.165) is 10.0 Å². The first-order chi connectivity index (χ1) is 10.6. The van der Waals surface area contributed by atoms with Gasteiger partial charge in [0.1, 0.15) is 0 Å². The second-order valence-electron chi connectivity index (χ2n) is 4.34. The van der Waals surface area contributed by atoms with Crippen molar-refractivity contribution in [2.45, 2.75) is 0 Å². The van der Waals surface area contributed by atoms with Gasteiger partial charge in [0, 0.05) is 15.2 Å². The van der Waals surface area contributed by atoms with Crippen LogP contribution in [0.25, 0.3) is 6.08 Å². The SMILES string of the molecule is Nc1c(Br)cc(Br)cc1C(=O)N/N=C/C=C/c1ccccc1. The van der Waals surface area contributed by atoms with Gasteiger partial charge in [0.2, 0.25) is 0 Å². The van der Waals surface area contributed by atoms with Crippen LogP contribution in [0.15, 0.2) is 62.6 Å². The number of rotatable bonds is 4. The van der Waals surface area contributed by atoms with Gasteiger partial charge in [-0.1, -0.05) is 52.3 Å². The summed E-state index contributed by atoms with van der Waals surface area (Å²) in [4.78, 5) is 12.0. The van der Waals surface area contributed by atoms with Crippen LogP contribution in [0.2, 0.25) is 0 Å². The monoisotopic (exact) mass is 421 g/mol. The van der Waals surface area contributed by atoms with Crippen LogP contribution in [0.4, 0.5) is 5.69 Å². The Morgan fingerprint density at radius 1 is 1.18 bits per heavy atom. The van der Waals surface area contributed by atoms with E-state index < -0.39 is 0 Å². The van der Waals surface area contributed by atoms with Crippen LogP contribution >= 0.6 is 31.9 Å². The van der Waals surface area contributed by atoms with Crippen molar-refractivity contribution >= 4 is 55.7 Å². The van der Waals surface area contributed by atoms with E-state index in [1.807, 2.05) is 36.4 Å². The summed E-state index contributed by atoms with van der Waals surface area (Å²) >= 11 is 6.62. The Labute approximate surface area is 145 Å². The minimum absolute atomic E-state index is 0.352. The van der Waals surface area contributed by atoms with Gasteiger partial charge in [-0.15, -0.1) is 0 Å². The molecular weight excluding hydrogens is 410 g/mol. The molecule has 0 fully saturated rings. The molecular formula is C16H13Br2N3O. The maximum absolute atomic E-state index is 12.0. The van der Waals surface area contributed by atoms with Crippen LogP contribution in [0.1, 0.15) is 15.9 Å². The maximum atomic E-state index is 12.0. The molecule has 0 radical (unpaired) electrons. The van der Waals surface area contributed by atoms with Gasteiger partial charge in [0.15, 0.2) is 0 Å². The van der Waals surface area contributed by atoms with Gasteiger partial charge in [-0.05, 0) is 39.7 Å². The molecule has 0 spiro atoms. The molecule has 2 aromatic rings. The molecule has 0 saturated carbocycles. The van der Waals surface area contributed by atoms with E-state index in [1.165, 1.54) is 6.21 Å². The molecule has 112 valence electrons. The third-order valence-electron chi connectivity index (χ3n) is 2.75. The summed E-state index contributed by atoms with van der Waals surface area (Å²) in [5.41, 5.74) is 10.1. The highest BCUT2D eigenvalue weighted by atomic mass is 79.9. The fourth-order valence-corrected chi connectivity index (χ4v) is 2.92. The minimum Gasteiger partial charge on any atom is -0.397 e. The quantitative estimate of drug-likeness (QED) is 0.440. The average molecular weight is 423 g/mol. The van der Waals surface area contributed by atoms with Crippen molar-refractivity contribution in [3.8, 4) is 0 Å². The maximum Gasteiger partial charge on any atom is 0.273 e. The number of carbonyl (C=O) groups is 1. The Bertz CT molecular complexity index is 728. The Morgan fingerprint density at radius 2 is 1.91 bits per heavy atom. The highest BCUT2D eigenvalue weighted by molar-refractivity contribution is 9.11. The molecule has 22 heavy (non-hydrogen) atoms. The van der Waals surface area contributed by atoms with Crippen LogP contribution in [0.3, 0.4) is 0 Å². The Morgan fingerprint density at radius 3 is 2.64 bits per heavy atom. The number of nitrogens with zero attached hydrogens (tertiary/aromatic N) is 1. The standard InChI is InChI=1S/C16H13Br2N3O/c17-12-9-13(15(19)14(18)10-12)16(22)21-20-8-4-7-11-5-2-1-3-6-11/h1-10H,19H2,(H,21,22)/b7-4+,20-8+. The first-order valence-corrected chi connectivity index (χ1v) is 7.96. The number of carbonyl (C=O) groups excluding carboxylic acids is 1. The zero-order valence-corrected chi connectivity index (χ0v) is 14.6. The lowest BCUT2D eigenvalue weighted by Crippen LogP contribution is -2.19. The molecule has 0 heterocycles. The van der Waals surface area contributed by atoms with Crippen LogP contribution in [-0.2, 0) is 0 Å². The van der Waals surface area contributed by atoms with Crippen molar-refractivity contribution in [1.82, 2.24) is 5.43 Å². The van der Waals surface area contributed by atoms with E-state index >= 15 is 0 Å². The van der Waals surface area contributed by atoms with Crippen LogP contribution in [0, 0.1) is 0 Å². The van der Waals surface area contributed by atoms with Gasteiger partial charge in [0.05, 0.1) is 11.3 Å². The van der Waals surface area contributed by atoms with E-state index in [0.29, 0.717) is 15.7 Å². The molecule has 2 aromatic carbocycles. The van der Waals surface area contributed by atoms with Crippen molar-refractivity contribution in [3.63, 3.8) is 0 Å². The summed E-state index contributed by atoms with van der Waals surface area (Å²) in [6.45, 7) is 0. The lowest BCUT2D eigenvalue weighted by molar-refractivity contribution is 0.0956. The summed E-state index contributed by atoms with van der Waals surface area (Å²) < 4.78 is 1.41. The number of benzene rings is 2. The van der Waals surface area contributed by atoms with Crippen molar-refractivity contribution in [2.24, 2.45) is 5.10 Å². The molecule has 0 bridgehead atoms. The number of amides is 1. The van der Waals surface area contributed by atoms with Crippen molar-refractivity contribution in [1.29, 1.82) is 0 Å².